The summed E-state index contributed by atoms with van der Waals surface area (Å²) in [7, 11) is 1.63. The normalized spacial score (nSPS) is 10.2. The summed E-state index contributed by atoms with van der Waals surface area (Å²) in [5, 5.41) is 0. The molecule has 2 aromatic carbocycles. The Hall–Kier alpha value is -2.16. The molecule has 0 saturated heterocycles. The molecule has 0 N–H and O–H groups in total. The molecule has 3 heteroatoms. The Bertz CT molecular complexity index is 561. The zero-order valence-corrected chi connectivity index (χ0v) is 10.7. The van der Waals surface area contributed by atoms with E-state index in [0.717, 1.165) is 23.3 Å². The number of carbonyl (C=O) groups excluding carboxylic acids is 1. The van der Waals surface area contributed by atoms with Gasteiger partial charge in [-0.25, -0.2) is 4.39 Å². The number of aldehydes is 1. The van der Waals surface area contributed by atoms with Crippen LogP contribution in [-0.4, -0.2) is 13.4 Å². The molecule has 0 unspecified atom stereocenters. The third-order valence-corrected chi connectivity index (χ3v) is 3.08. The van der Waals surface area contributed by atoms with Crippen molar-refractivity contribution in [3.63, 3.8) is 0 Å². The fraction of sp³-hybridized carbons (Fsp3) is 0.188. The third kappa shape index (κ3) is 3.41. The summed E-state index contributed by atoms with van der Waals surface area (Å²) in [6.07, 6.45) is 2.21. The Labute approximate surface area is 111 Å². The molecular weight excluding hydrogens is 243 g/mol. The van der Waals surface area contributed by atoms with E-state index in [9.17, 15) is 9.18 Å². The number of aryl methyl sites for hydroxylation is 2. The number of hydrogen-bond acceptors (Lipinski definition) is 2. The van der Waals surface area contributed by atoms with Crippen molar-refractivity contribution in [3.05, 3.63) is 65.0 Å². The third-order valence-electron chi connectivity index (χ3n) is 3.08. The van der Waals surface area contributed by atoms with E-state index in [0.29, 0.717) is 18.3 Å². The van der Waals surface area contributed by atoms with Gasteiger partial charge in [-0.1, -0.05) is 18.2 Å². The van der Waals surface area contributed by atoms with Crippen LogP contribution in [0.2, 0.25) is 0 Å². The maximum absolute atomic E-state index is 13.0. The molecular formula is C16H15FO2. The van der Waals surface area contributed by atoms with E-state index in [1.807, 2.05) is 24.3 Å². The van der Waals surface area contributed by atoms with Gasteiger partial charge in [0.25, 0.3) is 0 Å². The first-order valence-electron chi connectivity index (χ1n) is 6.09. The Morgan fingerprint density at radius 3 is 2.47 bits per heavy atom. The van der Waals surface area contributed by atoms with Gasteiger partial charge < -0.3 is 4.74 Å². The fourth-order valence-corrected chi connectivity index (χ4v) is 1.97. The van der Waals surface area contributed by atoms with Crippen LogP contribution in [0.15, 0.2) is 42.5 Å². The number of benzene rings is 2. The van der Waals surface area contributed by atoms with Gasteiger partial charge in [-0.15, -0.1) is 0 Å². The van der Waals surface area contributed by atoms with Gasteiger partial charge in [0.2, 0.25) is 0 Å². The van der Waals surface area contributed by atoms with Crippen molar-refractivity contribution >= 4 is 6.29 Å². The molecule has 19 heavy (non-hydrogen) atoms. The second-order valence-electron chi connectivity index (χ2n) is 4.31. The first-order valence-corrected chi connectivity index (χ1v) is 6.09. The number of hydrogen-bond donors (Lipinski definition) is 0. The number of ether oxygens (including phenoxy) is 1. The summed E-state index contributed by atoms with van der Waals surface area (Å²) in [5.74, 6) is 0.439. The predicted octanol–water partition coefficient (Wildman–Crippen LogP) is 3.43. The predicted molar refractivity (Wildman–Crippen MR) is 72.2 cm³/mol. The molecule has 0 aliphatic heterocycles. The molecule has 2 nitrogen and oxygen atoms in total. The van der Waals surface area contributed by atoms with E-state index < -0.39 is 0 Å². The minimum Gasteiger partial charge on any atom is -0.497 e. The Morgan fingerprint density at radius 1 is 1.11 bits per heavy atom. The Balaban J connectivity index is 2.07. The van der Waals surface area contributed by atoms with Crippen molar-refractivity contribution in [2.45, 2.75) is 12.8 Å². The van der Waals surface area contributed by atoms with Crippen molar-refractivity contribution in [1.29, 1.82) is 0 Å². The average Bonchev–Trinajstić information content (AvgIpc) is 2.46. The Kier molecular flexibility index (Phi) is 4.29. The molecule has 98 valence electrons. The van der Waals surface area contributed by atoms with Crippen LogP contribution >= 0.6 is 0 Å². The number of rotatable bonds is 5. The van der Waals surface area contributed by atoms with Gasteiger partial charge in [0.15, 0.2) is 0 Å². The van der Waals surface area contributed by atoms with E-state index in [1.54, 1.807) is 13.2 Å². The van der Waals surface area contributed by atoms with Crippen molar-refractivity contribution in [2.75, 3.05) is 7.11 Å². The molecule has 0 amide bonds. The van der Waals surface area contributed by atoms with Gasteiger partial charge in [0.1, 0.15) is 17.9 Å². The van der Waals surface area contributed by atoms with Gasteiger partial charge >= 0.3 is 0 Å². The lowest BCUT2D eigenvalue weighted by Gasteiger charge is -2.06. The minimum atomic E-state index is -0.379. The number of carbonyl (C=O) groups is 1. The molecule has 0 spiro atoms. The molecule has 2 aromatic rings. The quantitative estimate of drug-likeness (QED) is 0.768. The summed E-state index contributed by atoms with van der Waals surface area (Å²) in [6.45, 7) is 0. The maximum Gasteiger partial charge on any atom is 0.150 e. The summed E-state index contributed by atoms with van der Waals surface area (Å²) >= 11 is 0. The second kappa shape index (κ2) is 6.14. The first kappa shape index (κ1) is 13.3. The Morgan fingerprint density at radius 2 is 1.84 bits per heavy atom. The molecule has 0 aromatic heterocycles. The number of halogens is 1. The second-order valence-corrected chi connectivity index (χ2v) is 4.31. The van der Waals surface area contributed by atoms with Crippen LogP contribution in [0.1, 0.15) is 21.5 Å². The summed E-state index contributed by atoms with van der Waals surface area (Å²) in [6, 6.07) is 12.1. The number of methoxy groups -OCH3 is 1. The summed E-state index contributed by atoms with van der Waals surface area (Å²) in [4.78, 5) is 10.9. The van der Waals surface area contributed by atoms with Crippen LogP contribution in [0, 0.1) is 5.82 Å². The lowest BCUT2D eigenvalue weighted by atomic mass is 10.0. The van der Waals surface area contributed by atoms with Crippen molar-refractivity contribution in [2.24, 2.45) is 0 Å². The summed E-state index contributed by atoms with van der Waals surface area (Å²) in [5.41, 5.74) is 2.45. The lowest BCUT2D eigenvalue weighted by molar-refractivity contribution is 0.112. The average molecular weight is 258 g/mol. The van der Waals surface area contributed by atoms with Gasteiger partial charge in [-0.05, 0) is 48.2 Å². The standard InChI is InChI=1S/C16H15FO2/c1-19-16-8-3-12(4-9-16)2-5-13-6-7-15(17)10-14(13)11-18/h3-4,6-11H,2,5H2,1H3. The smallest absolute Gasteiger partial charge is 0.150 e. The van der Waals surface area contributed by atoms with Crippen molar-refractivity contribution in [3.8, 4) is 5.75 Å². The monoisotopic (exact) mass is 258 g/mol. The largest absolute Gasteiger partial charge is 0.497 e. The molecule has 0 heterocycles. The minimum absolute atomic E-state index is 0.379. The highest BCUT2D eigenvalue weighted by molar-refractivity contribution is 5.77. The molecule has 0 fully saturated rings. The fourth-order valence-electron chi connectivity index (χ4n) is 1.97. The molecule has 2 rings (SSSR count). The lowest BCUT2D eigenvalue weighted by Crippen LogP contribution is -1.97. The zero-order chi connectivity index (χ0) is 13.7. The molecule has 0 saturated carbocycles. The molecule has 0 radical (unpaired) electrons. The maximum atomic E-state index is 13.0. The van der Waals surface area contributed by atoms with Crippen LogP contribution in [0.25, 0.3) is 0 Å². The van der Waals surface area contributed by atoms with Crippen LogP contribution in [-0.2, 0) is 12.8 Å². The first-order chi connectivity index (χ1) is 9.22. The van der Waals surface area contributed by atoms with Crippen LogP contribution < -0.4 is 4.74 Å². The van der Waals surface area contributed by atoms with Crippen molar-refractivity contribution < 1.29 is 13.9 Å². The van der Waals surface area contributed by atoms with Crippen molar-refractivity contribution in [1.82, 2.24) is 0 Å². The van der Waals surface area contributed by atoms with Crippen LogP contribution in [0.4, 0.5) is 4.39 Å². The summed E-state index contributed by atoms with van der Waals surface area (Å²) < 4.78 is 18.1. The van der Waals surface area contributed by atoms with E-state index in [4.69, 9.17) is 4.74 Å². The molecule has 0 aliphatic rings. The van der Waals surface area contributed by atoms with E-state index in [2.05, 4.69) is 0 Å². The molecule has 0 aliphatic carbocycles. The van der Waals surface area contributed by atoms with E-state index in [-0.39, 0.29) is 5.82 Å². The van der Waals surface area contributed by atoms with Gasteiger partial charge in [-0.3, -0.25) is 4.79 Å². The van der Waals surface area contributed by atoms with Gasteiger partial charge in [0, 0.05) is 5.56 Å². The molecule has 0 bridgehead atoms. The van der Waals surface area contributed by atoms with Gasteiger partial charge in [-0.2, -0.15) is 0 Å². The topological polar surface area (TPSA) is 26.3 Å². The highest BCUT2D eigenvalue weighted by Gasteiger charge is 2.04. The highest BCUT2D eigenvalue weighted by atomic mass is 19.1. The van der Waals surface area contributed by atoms with Crippen LogP contribution in [0.3, 0.4) is 0 Å². The van der Waals surface area contributed by atoms with E-state index in [1.165, 1.54) is 12.1 Å². The van der Waals surface area contributed by atoms with Crippen LogP contribution in [0.5, 0.6) is 5.75 Å². The zero-order valence-electron chi connectivity index (χ0n) is 10.7. The SMILES string of the molecule is COc1ccc(CCc2ccc(F)cc2C=O)cc1. The van der Waals surface area contributed by atoms with Gasteiger partial charge in [0.05, 0.1) is 7.11 Å². The van der Waals surface area contributed by atoms with E-state index >= 15 is 0 Å². The molecule has 0 atom stereocenters. The highest BCUT2D eigenvalue weighted by Crippen LogP contribution is 2.15.